The summed E-state index contributed by atoms with van der Waals surface area (Å²) in [6.07, 6.45) is -1.44. The number of fused-ring (bicyclic) bond motifs is 1. The van der Waals surface area contributed by atoms with E-state index < -0.39 is 30.3 Å². The quantitative estimate of drug-likeness (QED) is 0.389. The highest BCUT2D eigenvalue weighted by molar-refractivity contribution is 5.94. The third-order valence-electron chi connectivity index (χ3n) is 4.79. The summed E-state index contributed by atoms with van der Waals surface area (Å²) < 4.78 is 52.7. The minimum Gasteiger partial charge on any atom is -0.393 e. The summed E-state index contributed by atoms with van der Waals surface area (Å²) in [5, 5.41) is 22.8. The maximum atomic E-state index is 14.5. The lowest BCUT2D eigenvalue weighted by atomic mass is 10.1. The van der Waals surface area contributed by atoms with Crippen LogP contribution in [0.4, 0.5) is 29.1 Å². The largest absolute Gasteiger partial charge is 0.416 e. The van der Waals surface area contributed by atoms with Gasteiger partial charge in [-0.1, -0.05) is 0 Å². The number of pyridine rings is 3. The average molecular weight is 444 g/mol. The maximum absolute atomic E-state index is 14.5. The van der Waals surface area contributed by atoms with E-state index in [1.807, 2.05) is 0 Å². The van der Waals surface area contributed by atoms with Gasteiger partial charge in [0.1, 0.15) is 17.6 Å². The van der Waals surface area contributed by atoms with Gasteiger partial charge in [0.25, 0.3) is 0 Å². The van der Waals surface area contributed by atoms with Gasteiger partial charge in [-0.2, -0.15) is 13.2 Å². The van der Waals surface area contributed by atoms with Crippen molar-refractivity contribution < 1.29 is 27.8 Å². The highest BCUT2D eigenvalue weighted by Gasteiger charge is 2.30. The topological polar surface area (TPSA) is 91.2 Å². The molecule has 0 saturated carbocycles. The van der Waals surface area contributed by atoms with Crippen LogP contribution in [0.25, 0.3) is 22.2 Å². The SMILES string of the molecule is OCC(O)c1cnc(-c2cc3ccnc(Nc4ccc(C(F)(F)F)cc4)c3cn2)c(F)c1. The van der Waals surface area contributed by atoms with Crippen LogP contribution in [0.5, 0.6) is 0 Å². The highest BCUT2D eigenvalue weighted by Crippen LogP contribution is 2.32. The molecule has 3 heterocycles. The molecule has 4 rings (SSSR count). The summed E-state index contributed by atoms with van der Waals surface area (Å²) in [4.78, 5) is 12.5. The second kappa shape index (κ2) is 8.48. The molecule has 3 N–H and O–H groups in total. The zero-order valence-electron chi connectivity index (χ0n) is 16.3. The predicted octanol–water partition coefficient (Wildman–Crippen LogP) is 4.62. The first kappa shape index (κ1) is 21.6. The van der Waals surface area contributed by atoms with Crippen LogP contribution in [0.2, 0.25) is 0 Å². The van der Waals surface area contributed by atoms with Crippen LogP contribution in [-0.4, -0.2) is 31.8 Å². The van der Waals surface area contributed by atoms with Gasteiger partial charge in [-0.15, -0.1) is 0 Å². The van der Waals surface area contributed by atoms with Gasteiger partial charge >= 0.3 is 6.18 Å². The minimum atomic E-state index is -4.42. The van der Waals surface area contributed by atoms with E-state index >= 15 is 0 Å². The Morgan fingerprint density at radius 1 is 0.969 bits per heavy atom. The number of aliphatic hydroxyl groups is 2. The van der Waals surface area contributed by atoms with Gasteiger partial charge in [-0.05, 0) is 47.9 Å². The first-order valence-corrected chi connectivity index (χ1v) is 9.40. The van der Waals surface area contributed by atoms with Crippen LogP contribution in [0, 0.1) is 5.82 Å². The predicted molar refractivity (Wildman–Crippen MR) is 109 cm³/mol. The fourth-order valence-corrected chi connectivity index (χ4v) is 3.11. The van der Waals surface area contributed by atoms with Crippen LogP contribution in [0.3, 0.4) is 0 Å². The number of rotatable bonds is 5. The molecular weight excluding hydrogens is 428 g/mol. The van der Waals surface area contributed by atoms with Crippen molar-refractivity contribution in [2.75, 3.05) is 11.9 Å². The molecule has 0 aliphatic rings. The average Bonchev–Trinajstić information content (AvgIpc) is 2.78. The number of benzene rings is 1. The Bertz CT molecular complexity index is 1260. The monoisotopic (exact) mass is 444 g/mol. The fraction of sp³-hybridized carbons (Fsp3) is 0.136. The highest BCUT2D eigenvalue weighted by atomic mass is 19.4. The van der Waals surface area contributed by atoms with E-state index in [2.05, 4.69) is 20.3 Å². The molecule has 0 spiro atoms. The van der Waals surface area contributed by atoms with Gasteiger partial charge in [-0.3, -0.25) is 9.97 Å². The first-order valence-electron chi connectivity index (χ1n) is 9.40. The third kappa shape index (κ3) is 4.36. The fourth-order valence-electron chi connectivity index (χ4n) is 3.11. The lowest BCUT2D eigenvalue weighted by molar-refractivity contribution is -0.137. The Morgan fingerprint density at radius 3 is 2.38 bits per heavy atom. The zero-order chi connectivity index (χ0) is 22.9. The summed E-state index contributed by atoms with van der Waals surface area (Å²) >= 11 is 0. The van der Waals surface area contributed by atoms with Crippen molar-refractivity contribution in [3.63, 3.8) is 0 Å². The molecule has 1 atom stereocenters. The van der Waals surface area contributed by atoms with Crippen molar-refractivity contribution in [1.82, 2.24) is 15.0 Å². The molecular formula is C22H16F4N4O2. The van der Waals surface area contributed by atoms with Crippen molar-refractivity contribution in [2.45, 2.75) is 12.3 Å². The van der Waals surface area contributed by atoms with Crippen LogP contribution in [0.15, 0.2) is 61.1 Å². The Kier molecular flexibility index (Phi) is 5.72. The number of anilines is 2. The Hall–Kier alpha value is -3.63. The van der Waals surface area contributed by atoms with E-state index in [1.54, 1.807) is 12.1 Å². The van der Waals surface area contributed by atoms with Crippen LogP contribution >= 0.6 is 0 Å². The number of hydrogen-bond acceptors (Lipinski definition) is 6. The molecule has 0 radical (unpaired) electrons. The molecule has 0 saturated heterocycles. The third-order valence-corrected chi connectivity index (χ3v) is 4.79. The number of nitrogens with one attached hydrogen (secondary N) is 1. The molecule has 3 aromatic heterocycles. The van der Waals surface area contributed by atoms with Gasteiger partial charge in [0.05, 0.1) is 17.9 Å². The van der Waals surface area contributed by atoms with Crippen LogP contribution < -0.4 is 5.32 Å². The molecule has 0 bridgehead atoms. The summed E-state index contributed by atoms with van der Waals surface area (Å²) in [6, 6.07) is 8.90. The lowest BCUT2D eigenvalue weighted by Gasteiger charge is -2.12. The number of alkyl halides is 3. The van der Waals surface area contributed by atoms with Gasteiger partial charge in [0.2, 0.25) is 0 Å². The van der Waals surface area contributed by atoms with Crippen molar-refractivity contribution in [2.24, 2.45) is 0 Å². The summed E-state index contributed by atoms with van der Waals surface area (Å²) in [5.74, 6) is -0.338. The number of halogens is 4. The molecule has 0 fully saturated rings. The molecule has 1 aromatic carbocycles. The van der Waals surface area contributed by atoms with Gasteiger partial charge in [-0.25, -0.2) is 9.37 Å². The standard InChI is InChI=1S/C22H16F4N4O2/c23-17-7-13(19(32)11-31)9-29-20(17)18-8-12-5-6-27-21(16(12)10-28-18)30-15-3-1-14(2-4-15)22(24,25)26/h1-10,19,31-32H,11H2,(H,27,30). The molecule has 0 aliphatic carbocycles. The maximum Gasteiger partial charge on any atom is 0.416 e. The van der Waals surface area contributed by atoms with Gasteiger partial charge < -0.3 is 15.5 Å². The lowest BCUT2D eigenvalue weighted by Crippen LogP contribution is -2.05. The van der Waals surface area contributed by atoms with Crippen LogP contribution in [-0.2, 0) is 6.18 Å². The normalized spacial score (nSPS) is 12.7. The number of aliphatic hydroxyl groups excluding tert-OH is 2. The van der Waals surface area contributed by atoms with E-state index in [1.165, 1.54) is 30.7 Å². The van der Waals surface area contributed by atoms with E-state index in [-0.39, 0.29) is 17.0 Å². The van der Waals surface area contributed by atoms with Gasteiger partial charge in [0, 0.05) is 35.2 Å². The molecule has 1 unspecified atom stereocenters. The summed E-state index contributed by atoms with van der Waals surface area (Å²) in [6.45, 7) is -0.559. The van der Waals surface area contributed by atoms with Crippen molar-refractivity contribution >= 4 is 22.3 Å². The zero-order valence-corrected chi connectivity index (χ0v) is 16.3. The van der Waals surface area contributed by atoms with E-state index in [0.29, 0.717) is 22.3 Å². The molecule has 0 amide bonds. The van der Waals surface area contributed by atoms with E-state index in [4.69, 9.17) is 5.11 Å². The molecule has 164 valence electrons. The molecule has 6 nitrogen and oxygen atoms in total. The number of nitrogens with zero attached hydrogens (tertiary/aromatic N) is 3. The first-order chi connectivity index (χ1) is 15.3. The Labute approximate surface area is 179 Å². The molecule has 4 aromatic rings. The summed E-state index contributed by atoms with van der Waals surface area (Å²) in [7, 11) is 0. The smallest absolute Gasteiger partial charge is 0.393 e. The van der Waals surface area contributed by atoms with E-state index in [9.17, 15) is 22.7 Å². The molecule has 32 heavy (non-hydrogen) atoms. The Morgan fingerprint density at radius 2 is 1.72 bits per heavy atom. The van der Waals surface area contributed by atoms with E-state index in [0.717, 1.165) is 18.2 Å². The van der Waals surface area contributed by atoms with Crippen molar-refractivity contribution in [3.8, 4) is 11.4 Å². The molecule has 10 heteroatoms. The van der Waals surface area contributed by atoms with Crippen molar-refractivity contribution in [3.05, 3.63) is 78.0 Å². The van der Waals surface area contributed by atoms with Gasteiger partial charge in [0.15, 0.2) is 5.82 Å². The minimum absolute atomic E-state index is 0.0325. The number of aromatic nitrogens is 3. The second-order valence-electron chi connectivity index (χ2n) is 6.95. The molecule has 0 aliphatic heterocycles. The van der Waals surface area contributed by atoms with Crippen molar-refractivity contribution in [1.29, 1.82) is 0 Å². The number of hydrogen-bond donors (Lipinski definition) is 3. The Balaban J connectivity index is 1.64. The van der Waals surface area contributed by atoms with Crippen LogP contribution in [0.1, 0.15) is 17.2 Å². The summed E-state index contributed by atoms with van der Waals surface area (Å²) in [5.41, 5.74) is 0.00319. The second-order valence-corrected chi connectivity index (χ2v) is 6.95.